The summed E-state index contributed by atoms with van der Waals surface area (Å²) in [4.78, 5) is 28.9. The number of hydrogen-bond acceptors (Lipinski definition) is 3. The summed E-state index contributed by atoms with van der Waals surface area (Å²) in [5.41, 5.74) is 2.75. The summed E-state index contributed by atoms with van der Waals surface area (Å²) in [5.74, 6) is 0.417. The van der Waals surface area contributed by atoms with Gasteiger partial charge < -0.3 is 15.0 Å². The van der Waals surface area contributed by atoms with E-state index in [1.54, 1.807) is 17.0 Å². The lowest BCUT2D eigenvalue weighted by Gasteiger charge is -2.31. The lowest BCUT2D eigenvalue weighted by Crippen LogP contribution is -2.51. The van der Waals surface area contributed by atoms with Crippen LogP contribution in [0, 0.1) is 0 Å². The molecule has 0 aliphatic heterocycles. The first-order chi connectivity index (χ1) is 18.3. The zero-order chi connectivity index (χ0) is 27.5. The largest absolute Gasteiger partial charge is 0.483 e. The van der Waals surface area contributed by atoms with Gasteiger partial charge in [0.25, 0.3) is 5.91 Å². The first kappa shape index (κ1) is 29.5. The predicted molar refractivity (Wildman–Crippen MR) is 155 cm³/mol. The van der Waals surface area contributed by atoms with Gasteiger partial charge in [0.1, 0.15) is 11.8 Å². The molecule has 0 saturated carbocycles. The molecule has 3 aromatic carbocycles. The smallest absolute Gasteiger partial charge is 0.261 e. The number of carbonyl (C=O) groups is 2. The van der Waals surface area contributed by atoms with Crippen LogP contribution >= 0.6 is 23.2 Å². The minimum absolute atomic E-state index is 0.184. The molecule has 1 N–H and O–H groups in total. The fourth-order valence-corrected chi connectivity index (χ4v) is 4.53. The summed E-state index contributed by atoms with van der Waals surface area (Å²) >= 11 is 12.4. The topological polar surface area (TPSA) is 58.6 Å². The summed E-state index contributed by atoms with van der Waals surface area (Å²) in [5, 5.41) is 3.85. The van der Waals surface area contributed by atoms with Gasteiger partial charge >= 0.3 is 0 Å². The Morgan fingerprint density at radius 3 is 2.32 bits per heavy atom. The fourth-order valence-electron chi connectivity index (χ4n) is 4.21. The van der Waals surface area contributed by atoms with Crippen LogP contribution in [0.4, 0.5) is 0 Å². The molecule has 0 aromatic heterocycles. The van der Waals surface area contributed by atoms with E-state index in [0.29, 0.717) is 28.8 Å². The molecule has 0 aliphatic carbocycles. The monoisotopic (exact) mass is 554 g/mol. The molecule has 1 atom stereocenters. The molecule has 2 amide bonds. The molecule has 0 heterocycles. The van der Waals surface area contributed by atoms with Gasteiger partial charge in [-0.05, 0) is 47.2 Å². The molecule has 7 heteroatoms. The Balaban J connectivity index is 1.93. The van der Waals surface area contributed by atoms with E-state index in [-0.39, 0.29) is 30.9 Å². The minimum atomic E-state index is -0.736. The average Bonchev–Trinajstić information content (AvgIpc) is 2.92. The molecular formula is C31H36Cl2N2O3. The number of unbranched alkanes of at least 4 members (excludes halogenated alkanes) is 1. The second-order valence-electron chi connectivity index (χ2n) is 9.60. The number of para-hydroxylation sites is 1. The summed E-state index contributed by atoms with van der Waals surface area (Å²) in [6.07, 6.45) is 2.19. The van der Waals surface area contributed by atoms with E-state index in [1.165, 1.54) is 0 Å². The molecule has 0 unspecified atom stereocenters. The third-order valence-electron chi connectivity index (χ3n) is 6.33. The van der Waals surface area contributed by atoms with Crippen molar-refractivity contribution in [1.82, 2.24) is 10.2 Å². The number of amides is 2. The summed E-state index contributed by atoms with van der Waals surface area (Å²) < 4.78 is 6.03. The Kier molecular flexibility index (Phi) is 11.5. The quantitative estimate of drug-likeness (QED) is 0.230. The van der Waals surface area contributed by atoms with E-state index < -0.39 is 6.04 Å². The second kappa shape index (κ2) is 14.8. The molecule has 3 rings (SSSR count). The number of rotatable bonds is 13. The lowest BCUT2D eigenvalue weighted by atomic mass is 10.0. The standard InChI is InChI=1S/C31H36Cl2N2O3/c1-4-5-17-34-31(37)28(19-23-11-7-6-8-12-23)35(20-24-15-16-26(32)27(33)18-24)30(36)21-38-29-14-10-9-13-25(29)22(2)3/h6-16,18,22,28H,4-5,17,19-21H2,1-3H3,(H,34,37)/t28-/m1/s1. The number of hydrogen-bond donors (Lipinski definition) is 1. The Bertz CT molecular complexity index is 1200. The van der Waals surface area contributed by atoms with Gasteiger partial charge in [0.2, 0.25) is 5.91 Å². The zero-order valence-corrected chi connectivity index (χ0v) is 23.8. The normalized spacial score (nSPS) is 11.7. The highest BCUT2D eigenvalue weighted by Gasteiger charge is 2.31. The van der Waals surface area contributed by atoms with E-state index in [4.69, 9.17) is 27.9 Å². The number of halogens is 2. The molecule has 38 heavy (non-hydrogen) atoms. The first-order valence-electron chi connectivity index (χ1n) is 13.1. The number of nitrogens with one attached hydrogen (secondary N) is 1. The van der Waals surface area contributed by atoms with Crippen molar-refractivity contribution < 1.29 is 14.3 Å². The van der Waals surface area contributed by atoms with Crippen molar-refractivity contribution in [3.63, 3.8) is 0 Å². The van der Waals surface area contributed by atoms with Crippen molar-refractivity contribution in [3.8, 4) is 5.75 Å². The molecule has 3 aromatic rings. The maximum absolute atomic E-state index is 13.8. The lowest BCUT2D eigenvalue weighted by molar-refractivity contribution is -0.142. The molecule has 0 radical (unpaired) electrons. The Morgan fingerprint density at radius 1 is 0.921 bits per heavy atom. The average molecular weight is 556 g/mol. The number of carbonyl (C=O) groups excluding carboxylic acids is 2. The number of ether oxygens (including phenoxy) is 1. The summed E-state index contributed by atoms with van der Waals surface area (Å²) in [6, 6.07) is 21.9. The van der Waals surface area contributed by atoms with Gasteiger partial charge in [0.05, 0.1) is 10.0 Å². The Hall–Kier alpha value is -3.02. The van der Waals surface area contributed by atoms with Gasteiger partial charge in [-0.25, -0.2) is 0 Å². The van der Waals surface area contributed by atoms with Gasteiger partial charge in [-0.2, -0.15) is 0 Å². The Labute approximate surface area is 236 Å². The maximum Gasteiger partial charge on any atom is 0.261 e. The van der Waals surface area contributed by atoms with Gasteiger partial charge in [-0.1, -0.05) is 105 Å². The van der Waals surface area contributed by atoms with Gasteiger partial charge in [-0.3, -0.25) is 9.59 Å². The number of nitrogens with zero attached hydrogens (tertiary/aromatic N) is 1. The van der Waals surface area contributed by atoms with Crippen molar-refractivity contribution in [2.24, 2.45) is 0 Å². The van der Waals surface area contributed by atoms with Gasteiger partial charge in [0, 0.05) is 19.5 Å². The van der Waals surface area contributed by atoms with Crippen LogP contribution in [0.5, 0.6) is 5.75 Å². The summed E-state index contributed by atoms with van der Waals surface area (Å²) in [6.45, 7) is 6.77. The van der Waals surface area contributed by atoms with Crippen molar-refractivity contribution >= 4 is 35.0 Å². The van der Waals surface area contributed by atoms with E-state index in [1.807, 2.05) is 60.7 Å². The van der Waals surface area contributed by atoms with E-state index in [9.17, 15) is 9.59 Å². The highest BCUT2D eigenvalue weighted by molar-refractivity contribution is 6.42. The summed E-state index contributed by atoms with van der Waals surface area (Å²) in [7, 11) is 0. The molecule has 0 fully saturated rings. The number of benzene rings is 3. The molecular weight excluding hydrogens is 519 g/mol. The molecule has 0 bridgehead atoms. The SMILES string of the molecule is CCCCNC(=O)[C@@H](Cc1ccccc1)N(Cc1ccc(Cl)c(Cl)c1)C(=O)COc1ccccc1C(C)C. The van der Waals surface area contributed by atoms with Crippen LogP contribution in [0.25, 0.3) is 0 Å². The zero-order valence-electron chi connectivity index (χ0n) is 22.3. The minimum Gasteiger partial charge on any atom is -0.483 e. The van der Waals surface area contributed by atoms with Gasteiger partial charge in [0.15, 0.2) is 6.61 Å². The van der Waals surface area contributed by atoms with Crippen molar-refractivity contribution in [2.75, 3.05) is 13.2 Å². The van der Waals surface area contributed by atoms with E-state index in [2.05, 4.69) is 26.1 Å². The van der Waals surface area contributed by atoms with Crippen LogP contribution < -0.4 is 10.1 Å². The van der Waals surface area contributed by atoms with Crippen LogP contribution in [0.2, 0.25) is 10.0 Å². The first-order valence-corrected chi connectivity index (χ1v) is 13.8. The van der Waals surface area contributed by atoms with Crippen LogP contribution in [0.1, 0.15) is 56.2 Å². The van der Waals surface area contributed by atoms with E-state index in [0.717, 1.165) is 29.5 Å². The highest BCUT2D eigenvalue weighted by Crippen LogP contribution is 2.27. The maximum atomic E-state index is 13.8. The highest BCUT2D eigenvalue weighted by atomic mass is 35.5. The molecule has 202 valence electrons. The van der Waals surface area contributed by atoms with Gasteiger partial charge in [-0.15, -0.1) is 0 Å². The molecule has 5 nitrogen and oxygen atoms in total. The van der Waals surface area contributed by atoms with Crippen LogP contribution in [0.3, 0.4) is 0 Å². The van der Waals surface area contributed by atoms with Crippen molar-refractivity contribution in [3.05, 3.63) is 99.5 Å². The van der Waals surface area contributed by atoms with Crippen LogP contribution in [-0.2, 0) is 22.6 Å². The predicted octanol–water partition coefficient (Wildman–Crippen LogP) is 7.05. The molecule has 0 aliphatic rings. The molecule has 0 saturated heterocycles. The van der Waals surface area contributed by atoms with E-state index >= 15 is 0 Å². The third kappa shape index (κ3) is 8.50. The van der Waals surface area contributed by atoms with Crippen molar-refractivity contribution in [1.29, 1.82) is 0 Å². The second-order valence-corrected chi connectivity index (χ2v) is 10.4. The fraction of sp³-hybridized carbons (Fsp3) is 0.355. The van der Waals surface area contributed by atoms with Crippen molar-refractivity contribution in [2.45, 2.75) is 58.5 Å². The Morgan fingerprint density at radius 2 is 1.63 bits per heavy atom. The third-order valence-corrected chi connectivity index (χ3v) is 7.07. The molecule has 0 spiro atoms. The van der Waals surface area contributed by atoms with Crippen LogP contribution in [-0.4, -0.2) is 35.9 Å². The van der Waals surface area contributed by atoms with Crippen LogP contribution in [0.15, 0.2) is 72.8 Å².